The first-order valence-electron chi connectivity index (χ1n) is 8.07. The first-order valence-corrected chi connectivity index (χ1v) is 10.1. The molecule has 1 heterocycles. The monoisotopic (exact) mass is 323 g/mol. The number of hydrogen-bond acceptors (Lipinski definition) is 4. The highest BCUT2D eigenvalue weighted by molar-refractivity contribution is 6.71. The maximum atomic E-state index is 6.60. The summed E-state index contributed by atoms with van der Waals surface area (Å²) in [6.07, 6.45) is 2.96. The van der Waals surface area contributed by atoms with Gasteiger partial charge in [-0.15, -0.1) is 0 Å². The summed E-state index contributed by atoms with van der Waals surface area (Å²) in [6.45, 7) is 2.10. The molecule has 124 valence electrons. The molecule has 1 aliphatic heterocycles. The maximum Gasteiger partial charge on any atom is 0.373 e. The third kappa shape index (κ3) is 2.55. The molecule has 1 aliphatic rings. The summed E-state index contributed by atoms with van der Waals surface area (Å²) in [6, 6.07) is 11.3. The van der Waals surface area contributed by atoms with Crippen LogP contribution in [0.3, 0.4) is 0 Å². The maximum absolute atomic E-state index is 6.60. The molecule has 2 rings (SSSR count). The highest BCUT2D eigenvalue weighted by atomic mass is 28.4. The number of nitrogens with two attached hydrogens (primary N) is 1. The largest absolute Gasteiger partial charge is 0.396 e. The zero-order chi connectivity index (χ0) is 16.2. The fourth-order valence-corrected chi connectivity index (χ4v) is 8.41. The van der Waals surface area contributed by atoms with Gasteiger partial charge < -0.3 is 19.3 Å². The Morgan fingerprint density at radius 2 is 1.86 bits per heavy atom. The summed E-state index contributed by atoms with van der Waals surface area (Å²) in [5.74, 6) is 0.203. The van der Waals surface area contributed by atoms with Gasteiger partial charge in [-0.05, 0) is 24.4 Å². The van der Waals surface area contributed by atoms with Crippen LogP contribution in [-0.4, -0.2) is 41.2 Å². The zero-order valence-corrected chi connectivity index (χ0v) is 15.2. The van der Waals surface area contributed by atoms with E-state index >= 15 is 0 Å². The van der Waals surface area contributed by atoms with Crippen LogP contribution in [0.25, 0.3) is 0 Å². The second kappa shape index (κ2) is 7.23. The van der Waals surface area contributed by atoms with Gasteiger partial charge in [0.2, 0.25) is 0 Å². The highest BCUT2D eigenvalue weighted by Crippen LogP contribution is 2.50. The van der Waals surface area contributed by atoms with Gasteiger partial charge in [0.15, 0.2) is 0 Å². The van der Waals surface area contributed by atoms with E-state index in [0.29, 0.717) is 0 Å². The second-order valence-corrected chi connectivity index (χ2v) is 9.63. The van der Waals surface area contributed by atoms with Crippen LogP contribution < -0.4 is 5.73 Å². The summed E-state index contributed by atoms with van der Waals surface area (Å²) in [7, 11) is 2.67. The van der Waals surface area contributed by atoms with Gasteiger partial charge in [-0.3, -0.25) is 0 Å². The lowest BCUT2D eigenvalue weighted by Crippen LogP contribution is -2.74. The van der Waals surface area contributed by atoms with E-state index in [0.717, 1.165) is 25.3 Å². The van der Waals surface area contributed by atoms with Crippen molar-refractivity contribution in [1.82, 2.24) is 0 Å². The minimum Gasteiger partial charge on any atom is -0.396 e. The molecule has 1 fully saturated rings. The summed E-state index contributed by atoms with van der Waals surface area (Å²) >= 11 is 0. The molecule has 1 saturated heterocycles. The van der Waals surface area contributed by atoms with Crippen molar-refractivity contribution in [3.05, 3.63) is 35.9 Å². The van der Waals surface area contributed by atoms with E-state index in [9.17, 15) is 0 Å². The van der Waals surface area contributed by atoms with Gasteiger partial charge in [-0.25, -0.2) is 0 Å². The first kappa shape index (κ1) is 17.6. The normalized spacial score (nSPS) is 29.2. The summed E-state index contributed by atoms with van der Waals surface area (Å²) < 4.78 is 18.2. The molecule has 1 aromatic rings. The highest BCUT2D eigenvalue weighted by Gasteiger charge is 2.66. The lowest BCUT2D eigenvalue weighted by Gasteiger charge is -2.55. The molecule has 0 saturated carbocycles. The molecule has 2 N–H and O–H groups in total. The minimum atomic E-state index is -2.59. The van der Waals surface area contributed by atoms with Gasteiger partial charge in [-0.1, -0.05) is 43.7 Å². The molecule has 22 heavy (non-hydrogen) atoms. The summed E-state index contributed by atoms with van der Waals surface area (Å²) in [4.78, 5) is 0. The Labute approximate surface area is 135 Å². The zero-order valence-electron chi connectivity index (χ0n) is 14.2. The number of rotatable bonds is 6. The van der Waals surface area contributed by atoms with Crippen LogP contribution in [-0.2, 0) is 13.6 Å². The molecule has 0 amide bonds. The fourth-order valence-electron chi connectivity index (χ4n) is 4.21. The average Bonchev–Trinajstić information content (AvgIpc) is 2.60. The Morgan fingerprint density at radius 1 is 1.23 bits per heavy atom. The predicted molar refractivity (Wildman–Crippen MR) is 91.0 cm³/mol. The van der Waals surface area contributed by atoms with Gasteiger partial charge in [0.25, 0.3) is 0 Å². The van der Waals surface area contributed by atoms with Crippen LogP contribution in [0.1, 0.15) is 37.7 Å². The van der Waals surface area contributed by atoms with Gasteiger partial charge in [-0.2, -0.15) is 0 Å². The van der Waals surface area contributed by atoms with Crippen LogP contribution in [0.5, 0.6) is 0 Å². The number of methoxy groups -OCH3 is 1. The lowest BCUT2D eigenvalue weighted by atomic mass is 9.83. The van der Waals surface area contributed by atoms with Crippen molar-refractivity contribution < 1.29 is 13.6 Å². The Kier molecular flexibility index (Phi) is 5.80. The molecule has 1 aromatic carbocycles. The summed E-state index contributed by atoms with van der Waals surface area (Å²) in [5, 5.41) is -0.565. The van der Waals surface area contributed by atoms with Crippen LogP contribution in [0.2, 0.25) is 6.04 Å². The van der Waals surface area contributed by atoms with Crippen LogP contribution in [0, 0.1) is 0 Å². The molecule has 0 aliphatic carbocycles. The molecule has 0 bridgehead atoms. The molecule has 3 atom stereocenters. The van der Waals surface area contributed by atoms with Gasteiger partial charge in [0.05, 0.1) is 0 Å². The van der Waals surface area contributed by atoms with Gasteiger partial charge in [0, 0.05) is 33.3 Å². The fraction of sp³-hybridized carbons (Fsp3) is 0.647. The van der Waals surface area contributed by atoms with Crippen molar-refractivity contribution in [2.75, 3.05) is 21.3 Å². The van der Waals surface area contributed by atoms with Crippen molar-refractivity contribution in [2.45, 2.75) is 49.4 Å². The van der Waals surface area contributed by atoms with E-state index in [2.05, 4.69) is 31.2 Å². The van der Waals surface area contributed by atoms with Crippen LogP contribution in [0.15, 0.2) is 30.3 Å². The van der Waals surface area contributed by atoms with E-state index in [1.165, 1.54) is 5.56 Å². The quantitative estimate of drug-likeness (QED) is 0.818. The molecule has 3 unspecified atom stereocenters. The van der Waals surface area contributed by atoms with E-state index in [1.54, 1.807) is 21.3 Å². The average molecular weight is 324 g/mol. The molecule has 0 spiro atoms. The third-order valence-electron chi connectivity index (χ3n) is 5.30. The molecular formula is C17H29NO3Si. The Morgan fingerprint density at radius 3 is 2.36 bits per heavy atom. The molecule has 0 aromatic heterocycles. The van der Waals surface area contributed by atoms with Gasteiger partial charge >= 0.3 is 8.56 Å². The second-order valence-electron chi connectivity index (χ2n) is 6.03. The number of ether oxygens (including phenoxy) is 1. The Hall–Kier alpha value is -0.723. The predicted octanol–water partition coefficient (Wildman–Crippen LogP) is 2.96. The topological polar surface area (TPSA) is 53.7 Å². The Bertz CT molecular complexity index is 466. The van der Waals surface area contributed by atoms with Crippen molar-refractivity contribution >= 4 is 8.56 Å². The summed E-state index contributed by atoms with van der Waals surface area (Å²) in [5.41, 5.74) is 7.86. The van der Waals surface area contributed by atoms with E-state index in [1.807, 2.05) is 6.07 Å². The molecule has 5 heteroatoms. The van der Waals surface area contributed by atoms with E-state index in [4.69, 9.17) is 19.3 Å². The molecular weight excluding hydrogens is 294 g/mol. The number of hydrogen-bond donors (Lipinski definition) is 1. The van der Waals surface area contributed by atoms with Crippen LogP contribution >= 0.6 is 0 Å². The van der Waals surface area contributed by atoms with Crippen LogP contribution in [0.4, 0.5) is 0 Å². The first-order chi connectivity index (χ1) is 10.6. The smallest absolute Gasteiger partial charge is 0.373 e. The van der Waals surface area contributed by atoms with Crippen molar-refractivity contribution in [2.24, 2.45) is 5.73 Å². The van der Waals surface area contributed by atoms with Crippen molar-refractivity contribution in [1.29, 1.82) is 0 Å². The minimum absolute atomic E-state index is 0.116. The van der Waals surface area contributed by atoms with Crippen molar-refractivity contribution in [3.8, 4) is 0 Å². The standard InChI is InChI=1S/C17H29NO3Si/c1-5-16(18)17(19-2)15(14-10-7-6-8-11-14)12-9-13-22(17,20-3)21-4/h6-8,10-11,15-16H,5,9,12-13,18H2,1-4H3. The SMILES string of the molecule is CCC(N)C1(OC)C(c2ccccc2)CCC[Si]1(OC)OC. The van der Waals surface area contributed by atoms with Gasteiger partial charge in [0.1, 0.15) is 5.22 Å². The third-order valence-corrected chi connectivity index (χ3v) is 9.75. The van der Waals surface area contributed by atoms with E-state index in [-0.39, 0.29) is 12.0 Å². The lowest BCUT2D eigenvalue weighted by molar-refractivity contribution is -0.0419. The molecule has 4 nitrogen and oxygen atoms in total. The van der Waals surface area contributed by atoms with Crippen molar-refractivity contribution in [3.63, 3.8) is 0 Å². The molecule has 0 radical (unpaired) electrons. The number of benzene rings is 1. The van der Waals surface area contributed by atoms with E-state index < -0.39 is 13.8 Å². The Balaban J connectivity index is 2.60.